The molecular weight excluding hydrogens is 608 g/mol. The number of piperidine rings is 1. The first-order valence-electron chi connectivity index (χ1n) is 15.9. The molecule has 5 heterocycles. The predicted octanol–water partition coefficient (Wildman–Crippen LogP) is 6.30. The zero-order valence-electron chi connectivity index (χ0n) is 26.2. The van der Waals surface area contributed by atoms with Crippen molar-refractivity contribution in [3.8, 4) is 28.3 Å². The molecule has 2 N–H and O–H groups in total. The Labute approximate surface area is 279 Å². The number of pyridine rings is 2. The van der Waals surface area contributed by atoms with Crippen LogP contribution in [0.3, 0.4) is 0 Å². The van der Waals surface area contributed by atoms with Crippen molar-refractivity contribution < 1.29 is 0 Å². The molecule has 11 heteroatoms. The highest BCUT2D eigenvalue weighted by Gasteiger charge is 2.40. The van der Waals surface area contributed by atoms with Gasteiger partial charge in [0.15, 0.2) is 11.5 Å². The van der Waals surface area contributed by atoms with Gasteiger partial charge in [0.1, 0.15) is 17.7 Å². The zero-order chi connectivity index (χ0) is 32.2. The van der Waals surface area contributed by atoms with E-state index in [1.54, 1.807) is 6.20 Å². The van der Waals surface area contributed by atoms with E-state index in [9.17, 15) is 0 Å². The van der Waals surface area contributed by atoms with Crippen molar-refractivity contribution in [2.45, 2.75) is 25.8 Å². The van der Waals surface area contributed by atoms with Crippen molar-refractivity contribution in [3.05, 3.63) is 90.6 Å². The second kappa shape index (κ2) is 13.5. The topological polar surface area (TPSA) is 113 Å². The number of imidazole rings is 1. The Hall–Kier alpha value is -4.77. The molecule has 5 aromatic rings. The molecule has 0 saturated carbocycles. The van der Waals surface area contributed by atoms with Crippen molar-refractivity contribution in [2.75, 3.05) is 38.6 Å². The van der Waals surface area contributed by atoms with Gasteiger partial charge in [0.25, 0.3) is 0 Å². The molecule has 2 aromatic carbocycles. The number of aromatic nitrogens is 4. The molecule has 238 valence electrons. The molecule has 0 aliphatic carbocycles. The molecule has 7 rings (SSSR count). The van der Waals surface area contributed by atoms with Crippen LogP contribution in [0.5, 0.6) is 0 Å². The van der Waals surface area contributed by atoms with E-state index >= 15 is 0 Å². The van der Waals surface area contributed by atoms with E-state index in [4.69, 9.17) is 27.3 Å². The smallest absolute Gasteiger partial charge is 0.220 e. The van der Waals surface area contributed by atoms with Gasteiger partial charge in [-0.1, -0.05) is 42.5 Å². The molecular formula is C36H37ClN10. The van der Waals surface area contributed by atoms with Crippen LogP contribution in [0.4, 0.5) is 5.82 Å². The van der Waals surface area contributed by atoms with E-state index in [0.717, 1.165) is 72.2 Å². The van der Waals surface area contributed by atoms with Crippen molar-refractivity contribution in [3.63, 3.8) is 0 Å². The Morgan fingerprint density at radius 1 is 0.915 bits per heavy atom. The minimum Gasteiger partial charge on any atom is -0.383 e. The monoisotopic (exact) mass is 644 g/mol. The number of rotatable bonds is 8. The van der Waals surface area contributed by atoms with Gasteiger partial charge < -0.3 is 5.73 Å². The summed E-state index contributed by atoms with van der Waals surface area (Å²) >= 11 is 6.06. The number of hydrogen-bond donors (Lipinski definition) is 1. The van der Waals surface area contributed by atoms with Crippen LogP contribution < -0.4 is 5.73 Å². The fraction of sp³-hybridized carbons (Fsp3) is 0.278. The Morgan fingerprint density at radius 3 is 2.43 bits per heavy atom. The van der Waals surface area contributed by atoms with Gasteiger partial charge in [0.05, 0.1) is 17.9 Å². The van der Waals surface area contributed by atoms with Gasteiger partial charge in [-0.2, -0.15) is 0 Å². The largest absolute Gasteiger partial charge is 0.383 e. The van der Waals surface area contributed by atoms with Crippen LogP contribution in [-0.2, 0) is 6.54 Å². The summed E-state index contributed by atoms with van der Waals surface area (Å²) in [6.45, 7) is 9.10. The molecule has 0 radical (unpaired) electrons. The molecule has 0 atom stereocenters. The summed E-state index contributed by atoms with van der Waals surface area (Å²) in [6.07, 6.45) is 6.58. The Bertz CT molecular complexity index is 1930. The second-order valence-electron chi connectivity index (χ2n) is 12.4. The highest BCUT2D eigenvalue weighted by atomic mass is 35.5. The third-order valence-electron chi connectivity index (χ3n) is 9.34. The molecule has 2 aliphatic rings. The maximum Gasteiger partial charge on any atom is 0.220 e. The number of nitrogen functional groups attached to an aromatic ring is 1. The fourth-order valence-electron chi connectivity index (χ4n) is 6.80. The van der Waals surface area contributed by atoms with Crippen molar-refractivity contribution in [1.29, 1.82) is 0 Å². The number of amidine groups is 1. The molecule has 0 unspecified atom stereocenters. The lowest BCUT2D eigenvalue weighted by atomic mass is 9.77. The van der Waals surface area contributed by atoms with Crippen LogP contribution in [0, 0.1) is 5.41 Å². The third-order valence-corrected chi connectivity index (χ3v) is 9.55. The van der Waals surface area contributed by atoms with Crippen LogP contribution in [0.2, 0.25) is 0 Å². The number of halogens is 1. The highest BCUT2D eigenvalue weighted by molar-refractivity contribution is 6.65. The summed E-state index contributed by atoms with van der Waals surface area (Å²) in [5.41, 5.74) is 13.3. The van der Waals surface area contributed by atoms with E-state index in [1.165, 1.54) is 31.2 Å². The molecule has 0 amide bonds. The van der Waals surface area contributed by atoms with Crippen LogP contribution in [0.25, 0.3) is 39.5 Å². The maximum absolute atomic E-state index is 6.35. The minimum absolute atomic E-state index is 0.214. The molecule has 2 fully saturated rings. The quantitative estimate of drug-likeness (QED) is 0.120. The summed E-state index contributed by atoms with van der Waals surface area (Å²) < 4.78 is 2.09. The predicted molar refractivity (Wildman–Crippen MR) is 191 cm³/mol. The summed E-state index contributed by atoms with van der Waals surface area (Å²) in [4.78, 5) is 31.2. The SMILES string of the molecule is C=N/C=N\C(Cl)=N/CN1CCC2(CCN(Cc3ccc(-n4c(-c5cccnc5N)nc5ccc(-c6ccccc6)nc54)cc3)CC2)C1. The molecule has 47 heavy (non-hydrogen) atoms. The lowest BCUT2D eigenvalue weighted by Crippen LogP contribution is -2.41. The number of fused-ring (bicyclic) bond motifs is 1. The van der Waals surface area contributed by atoms with Crippen LogP contribution in [-0.4, -0.2) is 80.5 Å². The number of hydrogen-bond acceptors (Lipinski definition) is 7. The Morgan fingerprint density at radius 2 is 1.68 bits per heavy atom. The van der Waals surface area contributed by atoms with E-state index in [2.05, 4.69) is 77.4 Å². The fourth-order valence-corrected chi connectivity index (χ4v) is 6.89. The van der Waals surface area contributed by atoms with E-state index in [1.807, 2.05) is 42.5 Å². The van der Waals surface area contributed by atoms with Gasteiger partial charge in [-0.15, -0.1) is 0 Å². The van der Waals surface area contributed by atoms with E-state index in [0.29, 0.717) is 17.9 Å². The number of likely N-dealkylation sites (tertiary alicyclic amines) is 2. The van der Waals surface area contributed by atoms with Crippen LogP contribution in [0.1, 0.15) is 24.8 Å². The number of aliphatic imine (C=N–C) groups is 3. The Balaban J connectivity index is 1.08. The maximum atomic E-state index is 6.35. The summed E-state index contributed by atoms with van der Waals surface area (Å²) in [5.74, 6) is 1.15. The minimum atomic E-state index is 0.214. The van der Waals surface area contributed by atoms with E-state index in [-0.39, 0.29) is 5.29 Å². The van der Waals surface area contributed by atoms with Gasteiger partial charge in [0, 0.05) is 37.1 Å². The molecule has 10 nitrogen and oxygen atoms in total. The molecule has 1 spiro atoms. The summed E-state index contributed by atoms with van der Waals surface area (Å²) in [6, 6.07) is 26.8. The van der Waals surface area contributed by atoms with Gasteiger partial charge in [-0.05, 0) is 98.0 Å². The Kier molecular flexibility index (Phi) is 8.88. The molecule has 2 aliphatic heterocycles. The lowest BCUT2D eigenvalue weighted by Gasteiger charge is -2.39. The van der Waals surface area contributed by atoms with Gasteiger partial charge in [-0.3, -0.25) is 19.4 Å². The summed E-state index contributed by atoms with van der Waals surface area (Å²) in [5, 5.41) is 0.214. The van der Waals surface area contributed by atoms with E-state index < -0.39 is 0 Å². The van der Waals surface area contributed by atoms with Crippen molar-refractivity contribution in [1.82, 2.24) is 29.3 Å². The van der Waals surface area contributed by atoms with Crippen molar-refractivity contribution in [2.24, 2.45) is 20.4 Å². The zero-order valence-corrected chi connectivity index (χ0v) is 27.0. The van der Waals surface area contributed by atoms with Crippen molar-refractivity contribution >= 4 is 46.9 Å². The average molecular weight is 645 g/mol. The molecule has 3 aromatic heterocycles. The lowest BCUT2D eigenvalue weighted by molar-refractivity contribution is 0.103. The normalized spacial score (nSPS) is 17.3. The van der Waals surface area contributed by atoms with Crippen LogP contribution in [0.15, 0.2) is 100 Å². The number of nitrogens with two attached hydrogens (primary N) is 1. The molecule has 2 saturated heterocycles. The summed E-state index contributed by atoms with van der Waals surface area (Å²) in [7, 11) is 0. The third kappa shape index (κ3) is 6.71. The first kappa shape index (κ1) is 30.9. The molecule has 0 bridgehead atoms. The van der Waals surface area contributed by atoms with Crippen LogP contribution >= 0.6 is 11.6 Å². The van der Waals surface area contributed by atoms with Gasteiger partial charge in [0.2, 0.25) is 5.29 Å². The number of nitrogens with zero attached hydrogens (tertiary/aromatic N) is 9. The van der Waals surface area contributed by atoms with Gasteiger partial charge in [-0.25, -0.2) is 24.9 Å². The highest BCUT2D eigenvalue weighted by Crippen LogP contribution is 2.40. The van der Waals surface area contributed by atoms with Gasteiger partial charge >= 0.3 is 0 Å². The first-order chi connectivity index (χ1) is 23.0. The average Bonchev–Trinajstić information content (AvgIpc) is 3.69. The second-order valence-corrected chi connectivity index (χ2v) is 12.7. The number of anilines is 1. The number of benzene rings is 2. The standard InChI is InChI=1S/C36H37ClN10/c1-39-24-41-35(37)42-25-46-21-17-36(23-46)15-19-45(20-16-36)22-26-9-11-28(12-10-26)47-33(29-8-5-18-40-32(29)38)44-31-14-13-30(43-34(31)47)27-6-3-2-4-7-27/h2-14,18,24H,1,15-17,19-23,25H2,(H2,38,40)/b41-24-,42-35-. The first-order valence-corrected chi connectivity index (χ1v) is 16.3.